The molecule has 1 unspecified atom stereocenters. The molecule has 0 rings (SSSR count). The van der Waals surface area contributed by atoms with E-state index in [0.29, 0.717) is 6.42 Å². The van der Waals surface area contributed by atoms with Gasteiger partial charge in [0.25, 0.3) is 0 Å². The van der Waals surface area contributed by atoms with Gasteiger partial charge in [-0.25, -0.2) is 0 Å². The Morgan fingerprint density at radius 3 is 1.24 bits per heavy atom. The van der Waals surface area contributed by atoms with Gasteiger partial charge in [0.15, 0.2) is 0 Å². The smallest absolute Gasteiger partial charge is 0.316 e. The van der Waals surface area contributed by atoms with Gasteiger partial charge in [-0.3, -0.25) is 9.59 Å². The van der Waals surface area contributed by atoms with Crippen LogP contribution in [0.4, 0.5) is 0 Å². The minimum atomic E-state index is -0.332. The Balaban J connectivity index is 3.33. The number of hydrogen-bond donors (Lipinski definition) is 0. The molecule has 0 heterocycles. The van der Waals surface area contributed by atoms with Crippen LogP contribution < -0.4 is 0 Å². The lowest BCUT2D eigenvalue weighted by Gasteiger charge is -2.12. The Bertz CT molecular complexity index is 432. The van der Waals surface area contributed by atoms with E-state index in [2.05, 4.69) is 13.8 Å². The lowest BCUT2D eigenvalue weighted by atomic mass is 10.00. The van der Waals surface area contributed by atoms with Crippen LogP contribution in [0, 0.1) is 5.92 Å². The molecule has 0 spiro atoms. The Labute approximate surface area is 207 Å². The summed E-state index contributed by atoms with van der Waals surface area (Å²) in [6.07, 6.45) is 29.5. The van der Waals surface area contributed by atoms with Gasteiger partial charge in [0.1, 0.15) is 0 Å². The van der Waals surface area contributed by atoms with E-state index in [1.807, 2.05) is 6.92 Å². The fourth-order valence-corrected chi connectivity index (χ4v) is 4.53. The molecule has 0 aliphatic heterocycles. The second-order valence-electron chi connectivity index (χ2n) is 10.2. The van der Waals surface area contributed by atoms with Crippen molar-refractivity contribution in [3.63, 3.8) is 0 Å². The van der Waals surface area contributed by atoms with Crippen LogP contribution in [-0.2, 0) is 14.3 Å². The molecule has 0 aliphatic carbocycles. The predicted molar refractivity (Wildman–Crippen MR) is 142 cm³/mol. The van der Waals surface area contributed by atoms with Crippen molar-refractivity contribution in [1.29, 1.82) is 0 Å². The van der Waals surface area contributed by atoms with E-state index >= 15 is 0 Å². The molecule has 0 radical (unpaired) electrons. The first-order valence-electron chi connectivity index (χ1n) is 14.9. The second kappa shape index (κ2) is 25.8. The van der Waals surface area contributed by atoms with Crippen molar-refractivity contribution in [3.8, 4) is 0 Å². The number of carbonyl (C=O) groups excluding carboxylic acids is 2. The third-order valence-electron chi connectivity index (χ3n) is 6.93. The maximum absolute atomic E-state index is 12.0. The molecule has 0 N–H and O–H groups in total. The normalized spacial score (nSPS) is 12.1. The minimum Gasteiger partial charge on any atom is -0.393 e. The average molecular weight is 467 g/mol. The molecule has 0 aromatic carbocycles. The van der Waals surface area contributed by atoms with Gasteiger partial charge in [-0.05, 0) is 19.3 Å². The molecule has 3 nitrogen and oxygen atoms in total. The Kier molecular flexibility index (Phi) is 25.1. The van der Waals surface area contributed by atoms with Crippen LogP contribution in [0.25, 0.3) is 0 Å². The van der Waals surface area contributed by atoms with Gasteiger partial charge < -0.3 is 4.74 Å². The van der Waals surface area contributed by atoms with Crippen LogP contribution >= 0.6 is 0 Å². The maximum Gasteiger partial charge on any atom is 0.316 e. The van der Waals surface area contributed by atoms with Crippen LogP contribution in [-0.4, -0.2) is 11.9 Å². The molecule has 3 heteroatoms. The summed E-state index contributed by atoms with van der Waals surface area (Å²) in [5.41, 5.74) is 0. The zero-order chi connectivity index (χ0) is 24.4. The Morgan fingerprint density at radius 2 is 0.879 bits per heavy atom. The van der Waals surface area contributed by atoms with E-state index in [1.165, 1.54) is 109 Å². The molecule has 0 saturated heterocycles. The van der Waals surface area contributed by atoms with Crippen molar-refractivity contribution in [2.24, 2.45) is 5.92 Å². The van der Waals surface area contributed by atoms with Crippen molar-refractivity contribution >= 4 is 11.9 Å². The fraction of sp³-hybridized carbons (Fsp3) is 0.933. The second-order valence-corrected chi connectivity index (χ2v) is 10.2. The number of hydrogen-bond acceptors (Lipinski definition) is 3. The third-order valence-corrected chi connectivity index (χ3v) is 6.93. The first-order chi connectivity index (χ1) is 16.2. The summed E-state index contributed by atoms with van der Waals surface area (Å²) in [6.45, 7) is 6.39. The van der Waals surface area contributed by atoms with E-state index in [1.54, 1.807) is 0 Å². The summed E-state index contributed by atoms with van der Waals surface area (Å²) in [5, 5.41) is 0. The van der Waals surface area contributed by atoms with E-state index in [4.69, 9.17) is 4.74 Å². The largest absolute Gasteiger partial charge is 0.393 e. The Hall–Kier alpha value is -0.860. The highest BCUT2D eigenvalue weighted by Gasteiger charge is 2.20. The molecule has 0 aliphatic rings. The van der Waals surface area contributed by atoms with Crippen molar-refractivity contribution in [1.82, 2.24) is 0 Å². The fourth-order valence-electron chi connectivity index (χ4n) is 4.53. The van der Waals surface area contributed by atoms with Gasteiger partial charge in [-0.1, -0.05) is 149 Å². The van der Waals surface area contributed by atoms with Crippen LogP contribution in [0.1, 0.15) is 175 Å². The van der Waals surface area contributed by atoms with Crippen molar-refractivity contribution in [3.05, 3.63) is 0 Å². The van der Waals surface area contributed by atoms with Crippen molar-refractivity contribution in [2.75, 3.05) is 0 Å². The minimum absolute atomic E-state index is 0.112. The highest BCUT2D eigenvalue weighted by Crippen LogP contribution is 2.17. The van der Waals surface area contributed by atoms with Crippen LogP contribution in [0.15, 0.2) is 0 Å². The summed E-state index contributed by atoms with van der Waals surface area (Å²) in [7, 11) is 0. The zero-order valence-electron chi connectivity index (χ0n) is 22.8. The summed E-state index contributed by atoms with van der Waals surface area (Å²) in [5.74, 6) is -0.755. The average Bonchev–Trinajstić information content (AvgIpc) is 2.81. The van der Waals surface area contributed by atoms with Gasteiger partial charge in [-0.2, -0.15) is 0 Å². The molecule has 33 heavy (non-hydrogen) atoms. The maximum atomic E-state index is 12.0. The van der Waals surface area contributed by atoms with Crippen molar-refractivity contribution in [2.45, 2.75) is 175 Å². The predicted octanol–water partition coefficient (Wildman–Crippen LogP) is 10.1. The molecule has 0 amide bonds. The van der Waals surface area contributed by atoms with E-state index in [9.17, 15) is 9.59 Å². The summed E-state index contributed by atoms with van der Waals surface area (Å²) < 4.78 is 5.06. The Morgan fingerprint density at radius 1 is 0.515 bits per heavy atom. The standard InChI is InChI=1S/C30H58O3/c1-4-7-9-10-11-12-13-14-15-16-17-18-19-20-21-22-23-24-25-27-29(31)33-30(32)28(6-3)26-8-5-2/h28H,4-27H2,1-3H3. The first-order valence-corrected chi connectivity index (χ1v) is 14.9. The SMILES string of the molecule is CCCCCCCCCCCCCCCCCCCCCC(=O)OC(=O)C(CC)CCCC. The molecule has 0 fully saturated rings. The van der Waals surface area contributed by atoms with Gasteiger partial charge >= 0.3 is 11.9 Å². The topological polar surface area (TPSA) is 43.4 Å². The number of esters is 2. The zero-order valence-corrected chi connectivity index (χ0v) is 22.8. The lowest BCUT2D eigenvalue weighted by Crippen LogP contribution is -2.20. The molecule has 196 valence electrons. The summed E-state index contributed by atoms with van der Waals surface area (Å²) in [4.78, 5) is 23.9. The first kappa shape index (κ1) is 32.1. The third kappa shape index (κ3) is 22.7. The number of rotatable bonds is 25. The van der Waals surface area contributed by atoms with Crippen LogP contribution in [0.5, 0.6) is 0 Å². The molecular weight excluding hydrogens is 408 g/mol. The molecule has 0 bridgehead atoms. The quantitative estimate of drug-likeness (QED) is 0.0763. The lowest BCUT2D eigenvalue weighted by molar-refractivity contribution is -0.163. The molecule has 0 aromatic rings. The highest BCUT2D eigenvalue weighted by molar-refractivity contribution is 5.86. The van der Waals surface area contributed by atoms with E-state index < -0.39 is 0 Å². The number of carbonyl (C=O) groups is 2. The summed E-state index contributed by atoms with van der Waals surface area (Å²) in [6, 6.07) is 0. The number of unbranched alkanes of at least 4 members (excludes halogenated alkanes) is 19. The molecular formula is C30H58O3. The van der Waals surface area contributed by atoms with Gasteiger partial charge in [0, 0.05) is 6.42 Å². The molecule has 1 atom stereocenters. The number of ether oxygens (including phenoxy) is 1. The molecule has 0 saturated carbocycles. The van der Waals surface area contributed by atoms with E-state index in [-0.39, 0.29) is 17.9 Å². The highest BCUT2D eigenvalue weighted by atomic mass is 16.6. The van der Waals surface area contributed by atoms with Gasteiger partial charge in [-0.15, -0.1) is 0 Å². The van der Waals surface area contributed by atoms with Crippen LogP contribution in [0.2, 0.25) is 0 Å². The summed E-state index contributed by atoms with van der Waals surface area (Å²) >= 11 is 0. The van der Waals surface area contributed by atoms with Crippen molar-refractivity contribution < 1.29 is 14.3 Å². The van der Waals surface area contributed by atoms with E-state index in [0.717, 1.165) is 38.5 Å². The molecule has 0 aromatic heterocycles. The van der Waals surface area contributed by atoms with Crippen LogP contribution in [0.3, 0.4) is 0 Å². The van der Waals surface area contributed by atoms with Gasteiger partial charge in [0.05, 0.1) is 5.92 Å². The van der Waals surface area contributed by atoms with Gasteiger partial charge in [0.2, 0.25) is 0 Å². The monoisotopic (exact) mass is 466 g/mol.